The van der Waals surface area contributed by atoms with Crippen molar-refractivity contribution in [2.45, 2.75) is 45.1 Å². The van der Waals surface area contributed by atoms with Crippen LogP contribution in [-0.4, -0.2) is 33.4 Å². The van der Waals surface area contributed by atoms with Gasteiger partial charge in [-0.2, -0.15) is 0 Å². The van der Waals surface area contributed by atoms with Crippen molar-refractivity contribution in [1.29, 1.82) is 0 Å². The van der Waals surface area contributed by atoms with E-state index in [1.807, 2.05) is 23.1 Å². The highest BCUT2D eigenvalue weighted by atomic mass is 16.2. The number of likely N-dealkylation sites (tertiary alicyclic amines) is 1. The summed E-state index contributed by atoms with van der Waals surface area (Å²) in [6.45, 7) is 2.19. The lowest BCUT2D eigenvalue weighted by Crippen LogP contribution is -2.45. The van der Waals surface area contributed by atoms with E-state index in [1.54, 1.807) is 17.0 Å². The summed E-state index contributed by atoms with van der Waals surface area (Å²) in [5, 5.41) is 0.612. The van der Waals surface area contributed by atoms with Gasteiger partial charge < -0.3 is 4.90 Å². The second kappa shape index (κ2) is 6.98. The normalized spacial score (nSPS) is 23.4. The first-order chi connectivity index (χ1) is 12.2. The van der Waals surface area contributed by atoms with Gasteiger partial charge in [0, 0.05) is 26.1 Å². The SMILES string of the molecule is O=C(CCn1cnc2ccccc2c1=O)N1CCC2CCCCC2C1. The van der Waals surface area contributed by atoms with Crippen LogP contribution in [0.5, 0.6) is 0 Å². The third-order valence-electron chi connectivity index (χ3n) is 5.94. The van der Waals surface area contributed by atoms with Gasteiger partial charge in [-0.05, 0) is 36.8 Å². The van der Waals surface area contributed by atoms with Gasteiger partial charge in [0.25, 0.3) is 5.56 Å². The highest BCUT2D eigenvalue weighted by Crippen LogP contribution is 2.36. The first-order valence-corrected chi connectivity index (χ1v) is 9.44. The van der Waals surface area contributed by atoms with Crippen molar-refractivity contribution in [3.05, 3.63) is 40.9 Å². The summed E-state index contributed by atoms with van der Waals surface area (Å²) in [6.07, 6.45) is 8.35. The summed E-state index contributed by atoms with van der Waals surface area (Å²) in [5.74, 6) is 1.69. The number of para-hydroxylation sites is 1. The summed E-state index contributed by atoms with van der Waals surface area (Å²) < 4.78 is 1.56. The van der Waals surface area contributed by atoms with Gasteiger partial charge >= 0.3 is 0 Å². The van der Waals surface area contributed by atoms with Crippen LogP contribution in [0.3, 0.4) is 0 Å². The van der Waals surface area contributed by atoms with Gasteiger partial charge in [0.05, 0.1) is 17.2 Å². The van der Waals surface area contributed by atoms with Crippen molar-refractivity contribution in [1.82, 2.24) is 14.5 Å². The molecule has 0 N–H and O–H groups in total. The number of hydrogen-bond acceptors (Lipinski definition) is 3. The molecule has 1 saturated heterocycles. The van der Waals surface area contributed by atoms with Gasteiger partial charge in [-0.25, -0.2) is 4.98 Å². The molecule has 4 rings (SSSR count). The molecule has 5 nitrogen and oxygen atoms in total. The van der Waals surface area contributed by atoms with E-state index in [-0.39, 0.29) is 11.5 Å². The van der Waals surface area contributed by atoms with E-state index >= 15 is 0 Å². The molecule has 1 aromatic heterocycles. The number of hydrogen-bond donors (Lipinski definition) is 0. The van der Waals surface area contributed by atoms with Crippen molar-refractivity contribution in [2.24, 2.45) is 11.8 Å². The average Bonchev–Trinajstić information content (AvgIpc) is 2.67. The summed E-state index contributed by atoms with van der Waals surface area (Å²) in [5.41, 5.74) is 0.638. The molecule has 1 aromatic carbocycles. The number of rotatable bonds is 3. The molecule has 0 radical (unpaired) electrons. The Morgan fingerprint density at radius 1 is 1.12 bits per heavy atom. The fourth-order valence-corrected chi connectivity index (χ4v) is 4.47. The van der Waals surface area contributed by atoms with Gasteiger partial charge in [-0.15, -0.1) is 0 Å². The molecule has 2 heterocycles. The van der Waals surface area contributed by atoms with Gasteiger partial charge in [-0.1, -0.05) is 31.4 Å². The zero-order valence-electron chi connectivity index (χ0n) is 14.6. The highest BCUT2D eigenvalue weighted by Gasteiger charge is 2.32. The maximum Gasteiger partial charge on any atom is 0.261 e. The Balaban J connectivity index is 1.40. The molecule has 132 valence electrons. The number of aromatic nitrogens is 2. The first-order valence-electron chi connectivity index (χ1n) is 9.44. The molecule has 1 aliphatic heterocycles. The number of aryl methyl sites for hydroxylation is 1. The molecule has 0 bridgehead atoms. The smallest absolute Gasteiger partial charge is 0.261 e. The number of piperidine rings is 1. The second-order valence-electron chi connectivity index (χ2n) is 7.44. The Bertz CT molecular complexity index is 829. The molecule has 2 unspecified atom stereocenters. The second-order valence-corrected chi connectivity index (χ2v) is 7.44. The minimum Gasteiger partial charge on any atom is -0.342 e. The van der Waals surface area contributed by atoms with E-state index in [1.165, 1.54) is 25.7 Å². The molecular weight excluding hydrogens is 314 g/mol. The lowest BCUT2D eigenvalue weighted by atomic mass is 9.75. The lowest BCUT2D eigenvalue weighted by Gasteiger charge is -2.41. The Morgan fingerprint density at radius 3 is 2.80 bits per heavy atom. The van der Waals surface area contributed by atoms with E-state index in [0.29, 0.717) is 29.8 Å². The lowest BCUT2D eigenvalue weighted by molar-refractivity contribution is -0.134. The molecule has 2 aliphatic rings. The molecule has 1 aliphatic carbocycles. The molecule has 1 saturated carbocycles. The predicted molar refractivity (Wildman–Crippen MR) is 97.3 cm³/mol. The van der Waals surface area contributed by atoms with Crippen LogP contribution >= 0.6 is 0 Å². The van der Waals surface area contributed by atoms with Gasteiger partial charge in [-0.3, -0.25) is 14.2 Å². The maximum atomic E-state index is 12.6. The minimum absolute atomic E-state index is 0.0654. The number of fused-ring (bicyclic) bond motifs is 2. The van der Waals surface area contributed by atoms with Crippen molar-refractivity contribution in [2.75, 3.05) is 13.1 Å². The summed E-state index contributed by atoms with van der Waals surface area (Å²) in [7, 11) is 0. The number of nitrogens with zero attached hydrogens (tertiary/aromatic N) is 3. The molecule has 2 atom stereocenters. The molecule has 2 fully saturated rings. The number of amides is 1. The number of carbonyl (C=O) groups excluding carboxylic acids is 1. The fraction of sp³-hybridized carbons (Fsp3) is 0.550. The van der Waals surface area contributed by atoms with E-state index < -0.39 is 0 Å². The minimum atomic E-state index is -0.0654. The Kier molecular flexibility index (Phi) is 4.55. The topological polar surface area (TPSA) is 55.2 Å². The standard InChI is InChI=1S/C20H25N3O2/c24-19(22-11-9-15-5-1-2-6-16(15)13-22)10-12-23-14-21-18-8-4-3-7-17(18)20(23)25/h3-4,7-8,14-16H,1-2,5-6,9-13H2. The van der Waals surface area contributed by atoms with Crippen molar-refractivity contribution in [3.8, 4) is 0 Å². The van der Waals surface area contributed by atoms with Crippen LogP contribution in [0.4, 0.5) is 0 Å². The van der Waals surface area contributed by atoms with Gasteiger partial charge in [0.2, 0.25) is 5.91 Å². The van der Waals surface area contributed by atoms with Crippen LogP contribution in [0.1, 0.15) is 38.5 Å². The summed E-state index contributed by atoms with van der Waals surface area (Å²) in [4.78, 5) is 31.5. The van der Waals surface area contributed by atoms with E-state index in [0.717, 1.165) is 25.4 Å². The molecule has 1 amide bonds. The fourth-order valence-electron chi connectivity index (χ4n) is 4.47. The number of benzene rings is 1. The Labute approximate surface area is 147 Å². The van der Waals surface area contributed by atoms with E-state index in [9.17, 15) is 9.59 Å². The Morgan fingerprint density at radius 2 is 1.92 bits per heavy atom. The van der Waals surface area contributed by atoms with Crippen LogP contribution < -0.4 is 5.56 Å². The van der Waals surface area contributed by atoms with Gasteiger partial charge in [0.15, 0.2) is 0 Å². The largest absolute Gasteiger partial charge is 0.342 e. The van der Waals surface area contributed by atoms with Crippen LogP contribution in [0.2, 0.25) is 0 Å². The predicted octanol–water partition coefficient (Wildman–Crippen LogP) is 2.83. The molecule has 5 heteroatoms. The molecular formula is C20H25N3O2. The highest BCUT2D eigenvalue weighted by molar-refractivity contribution is 5.77. The quantitative estimate of drug-likeness (QED) is 0.864. The van der Waals surface area contributed by atoms with Crippen LogP contribution in [-0.2, 0) is 11.3 Å². The maximum absolute atomic E-state index is 12.6. The van der Waals surface area contributed by atoms with E-state index in [2.05, 4.69) is 4.98 Å². The zero-order valence-corrected chi connectivity index (χ0v) is 14.6. The van der Waals surface area contributed by atoms with Crippen molar-refractivity contribution in [3.63, 3.8) is 0 Å². The molecule has 25 heavy (non-hydrogen) atoms. The molecule has 2 aromatic rings. The van der Waals surface area contributed by atoms with E-state index in [4.69, 9.17) is 0 Å². The van der Waals surface area contributed by atoms with Crippen LogP contribution in [0, 0.1) is 11.8 Å². The Hall–Kier alpha value is -2.17. The van der Waals surface area contributed by atoms with Crippen molar-refractivity contribution < 1.29 is 4.79 Å². The van der Waals surface area contributed by atoms with Crippen LogP contribution in [0.15, 0.2) is 35.4 Å². The van der Waals surface area contributed by atoms with Gasteiger partial charge in [0.1, 0.15) is 0 Å². The average molecular weight is 339 g/mol. The monoisotopic (exact) mass is 339 g/mol. The molecule has 0 spiro atoms. The first kappa shape index (κ1) is 16.3. The third kappa shape index (κ3) is 3.32. The number of carbonyl (C=O) groups is 1. The van der Waals surface area contributed by atoms with Crippen molar-refractivity contribution >= 4 is 16.8 Å². The summed E-state index contributed by atoms with van der Waals surface area (Å²) >= 11 is 0. The van der Waals surface area contributed by atoms with Crippen LogP contribution in [0.25, 0.3) is 10.9 Å². The summed E-state index contributed by atoms with van der Waals surface area (Å²) in [6, 6.07) is 7.34. The third-order valence-corrected chi connectivity index (χ3v) is 5.94. The zero-order chi connectivity index (χ0) is 17.2.